The molecule has 0 atom stereocenters. The van der Waals surface area contributed by atoms with E-state index in [1.807, 2.05) is 0 Å². The lowest BCUT2D eigenvalue weighted by molar-refractivity contribution is 0.0901. The second-order valence-electron chi connectivity index (χ2n) is 4.81. The molecule has 0 radical (unpaired) electrons. The third kappa shape index (κ3) is 2.95. The molecule has 1 saturated carbocycles. The lowest BCUT2D eigenvalue weighted by Gasteiger charge is -2.31. The molecular weight excluding hydrogens is 311 g/mol. The third-order valence-electron chi connectivity index (χ3n) is 3.47. The fourth-order valence-electron chi connectivity index (χ4n) is 2.38. The molecule has 19 heavy (non-hydrogen) atoms. The van der Waals surface area contributed by atoms with Gasteiger partial charge in [-0.3, -0.25) is 4.79 Å². The van der Waals surface area contributed by atoms with E-state index in [2.05, 4.69) is 27.3 Å². The average molecular weight is 325 g/mol. The number of carbonyl (C=O) groups is 1. The molecule has 1 amide bonds. The molecule has 1 fully saturated rings. The van der Waals surface area contributed by atoms with Crippen molar-refractivity contribution in [2.45, 2.75) is 37.6 Å². The maximum absolute atomic E-state index is 13.4. The summed E-state index contributed by atoms with van der Waals surface area (Å²) >= 11 is 3.07. The zero-order chi connectivity index (χ0) is 13.9. The van der Waals surface area contributed by atoms with Crippen LogP contribution in [0.25, 0.3) is 0 Å². The molecule has 0 spiro atoms. The minimum atomic E-state index is -0.804. The van der Waals surface area contributed by atoms with Gasteiger partial charge in [0, 0.05) is 0 Å². The van der Waals surface area contributed by atoms with Crippen molar-refractivity contribution in [3.05, 3.63) is 34.1 Å². The highest BCUT2D eigenvalue weighted by atomic mass is 79.9. The Morgan fingerprint density at radius 2 is 2.05 bits per heavy atom. The molecule has 0 heterocycles. The lowest BCUT2D eigenvalue weighted by Crippen LogP contribution is -2.48. The topological polar surface area (TPSA) is 52.9 Å². The molecule has 5 heteroatoms. The first-order valence-corrected chi connectivity index (χ1v) is 7.05. The highest BCUT2D eigenvalue weighted by Gasteiger charge is 2.34. The number of carbonyl (C=O) groups excluding carboxylic acids is 1. The van der Waals surface area contributed by atoms with Crippen LogP contribution in [0.1, 0.15) is 42.5 Å². The summed E-state index contributed by atoms with van der Waals surface area (Å²) in [6.45, 7) is 0. The predicted octanol–water partition coefficient (Wildman–Crippen LogP) is 3.54. The third-order valence-corrected chi connectivity index (χ3v) is 4.28. The Balaban J connectivity index is 2.21. The van der Waals surface area contributed by atoms with Gasteiger partial charge in [0.05, 0.1) is 16.1 Å². The minimum absolute atomic E-state index is 0.136. The van der Waals surface area contributed by atoms with Gasteiger partial charge in [0.15, 0.2) is 0 Å². The van der Waals surface area contributed by atoms with E-state index < -0.39 is 17.3 Å². The van der Waals surface area contributed by atoms with Crippen LogP contribution >= 0.6 is 15.9 Å². The van der Waals surface area contributed by atoms with Crippen LogP contribution in [-0.4, -0.2) is 11.4 Å². The molecule has 0 unspecified atom stereocenters. The van der Waals surface area contributed by atoms with Gasteiger partial charge in [-0.15, -0.1) is 0 Å². The molecule has 1 N–H and O–H groups in total. The molecule has 3 nitrogen and oxygen atoms in total. The number of benzene rings is 1. The number of hydrogen-bond donors (Lipinski definition) is 1. The highest BCUT2D eigenvalue weighted by Crippen LogP contribution is 2.29. The molecule has 1 aromatic carbocycles. The minimum Gasteiger partial charge on any atom is -0.334 e. The highest BCUT2D eigenvalue weighted by molar-refractivity contribution is 9.10. The Morgan fingerprint density at radius 1 is 1.37 bits per heavy atom. The zero-order valence-corrected chi connectivity index (χ0v) is 12.0. The van der Waals surface area contributed by atoms with Crippen LogP contribution in [0, 0.1) is 17.1 Å². The van der Waals surface area contributed by atoms with Crippen molar-refractivity contribution in [3.63, 3.8) is 0 Å². The first kappa shape index (κ1) is 14.0. The Kier molecular flexibility index (Phi) is 4.20. The second-order valence-corrected chi connectivity index (χ2v) is 5.60. The van der Waals surface area contributed by atoms with Crippen molar-refractivity contribution in [1.82, 2.24) is 5.32 Å². The van der Waals surface area contributed by atoms with Gasteiger partial charge in [0.2, 0.25) is 0 Å². The van der Waals surface area contributed by atoms with E-state index in [0.29, 0.717) is 12.8 Å². The normalized spacial score (nSPS) is 17.5. The maximum Gasteiger partial charge on any atom is 0.253 e. The zero-order valence-electron chi connectivity index (χ0n) is 10.4. The van der Waals surface area contributed by atoms with Crippen LogP contribution in [0.3, 0.4) is 0 Å². The molecule has 1 aliphatic carbocycles. The van der Waals surface area contributed by atoms with E-state index in [1.54, 1.807) is 0 Å². The number of nitrogens with one attached hydrogen (secondary N) is 1. The van der Waals surface area contributed by atoms with Crippen LogP contribution in [0.15, 0.2) is 22.7 Å². The van der Waals surface area contributed by atoms with E-state index >= 15 is 0 Å². The number of nitriles is 1. The molecular formula is C14H14BrFN2O. The molecule has 2 rings (SSSR count). The maximum atomic E-state index is 13.4. The average Bonchev–Trinajstić information content (AvgIpc) is 2.42. The molecule has 0 bridgehead atoms. The second kappa shape index (κ2) is 5.70. The van der Waals surface area contributed by atoms with Crippen LogP contribution in [-0.2, 0) is 0 Å². The Labute approximate surface area is 119 Å². The summed E-state index contributed by atoms with van der Waals surface area (Å²) in [5.41, 5.74) is -0.582. The van der Waals surface area contributed by atoms with Crippen LogP contribution in [0.4, 0.5) is 4.39 Å². The van der Waals surface area contributed by atoms with Gasteiger partial charge in [-0.2, -0.15) is 5.26 Å². The number of amides is 1. The number of nitrogens with zero attached hydrogens (tertiary/aromatic N) is 1. The molecule has 100 valence electrons. The monoisotopic (exact) mass is 324 g/mol. The van der Waals surface area contributed by atoms with Crippen molar-refractivity contribution in [2.75, 3.05) is 0 Å². The summed E-state index contributed by atoms with van der Waals surface area (Å²) in [7, 11) is 0. The van der Waals surface area contributed by atoms with E-state index in [9.17, 15) is 14.4 Å². The van der Waals surface area contributed by atoms with Crippen LogP contribution in [0.2, 0.25) is 0 Å². The first-order valence-electron chi connectivity index (χ1n) is 6.26. The fourth-order valence-corrected chi connectivity index (χ4v) is 2.83. The van der Waals surface area contributed by atoms with Crippen molar-refractivity contribution in [1.29, 1.82) is 5.26 Å². The van der Waals surface area contributed by atoms with Gasteiger partial charge in [-0.1, -0.05) is 25.3 Å². The molecule has 1 aliphatic rings. The lowest BCUT2D eigenvalue weighted by atomic mass is 9.82. The Bertz CT molecular complexity index is 533. The van der Waals surface area contributed by atoms with Gasteiger partial charge in [0.25, 0.3) is 5.91 Å². The van der Waals surface area contributed by atoms with Crippen molar-refractivity contribution < 1.29 is 9.18 Å². The summed E-state index contributed by atoms with van der Waals surface area (Å²) in [6, 6.07) is 6.51. The molecule has 0 aromatic heterocycles. The largest absolute Gasteiger partial charge is 0.334 e. The van der Waals surface area contributed by atoms with E-state index in [-0.39, 0.29) is 10.0 Å². The Hall–Kier alpha value is -1.41. The summed E-state index contributed by atoms with van der Waals surface area (Å²) in [4.78, 5) is 12.2. The first-order chi connectivity index (χ1) is 9.08. The smallest absolute Gasteiger partial charge is 0.253 e. The van der Waals surface area contributed by atoms with Crippen molar-refractivity contribution in [2.24, 2.45) is 0 Å². The van der Waals surface area contributed by atoms with E-state index in [4.69, 9.17) is 0 Å². The van der Waals surface area contributed by atoms with E-state index in [0.717, 1.165) is 19.3 Å². The quantitative estimate of drug-likeness (QED) is 0.904. The molecule has 0 saturated heterocycles. The van der Waals surface area contributed by atoms with Crippen molar-refractivity contribution >= 4 is 21.8 Å². The summed E-state index contributed by atoms with van der Waals surface area (Å²) < 4.78 is 13.5. The number of rotatable bonds is 2. The standard InChI is InChI=1S/C14H14BrFN2O/c15-12-10(5-4-6-11(12)16)13(19)18-14(9-17)7-2-1-3-8-14/h4-6H,1-3,7-8H2,(H,18,19). The van der Waals surface area contributed by atoms with Gasteiger partial charge >= 0.3 is 0 Å². The Morgan fingerprint density at radius 3 is 2.68 bits per heavy atom. The van der Waals surface area contributed by atoms with Gasteiger partial charge < -0.3 is 5.32 Å². The molecule has 0 aliphatic heterocycles. The van der Waals surface area contributed by atoms with Crippen LogP contribution < -0.4 is 5.32 Å². The summed E-state index contributed by atoms with van der Waals surface area (Å²) in [6.07, 6.45) is 4.25. The van der Waals surface area contributed by atoms with Gasteiger partial charge in [-0.25, -0.2) is 4.39 Å². The van der Waals surface area contributed by atoms with Crippen molar-refractivity contribution in [3.8, 4) is 6.07 Å². The van der Waals surface area contributed by atoms with Crippen LogP contribution in [0.5, 0.6) is 0 Å². The fraction of sp³-hybridized carbons (Fsp3) is 0.429. The summed E-state index contributed by atoms with van der Waals surface area (Å²) in [5.74, 6) is -0.892. The molecule has 1 aromatic rings. The predicted molar refractivity (Wildman–Crippen MR) is 73.0 cm³/mol. The number of hydrogen-bond acceptors (Lipinski definition) is 2. The summed E-state index contributed by atoms with van der Waals surface area (Å²) in [5, 5.41) is 12.1. The van der Waals surface area contributed by atoms with Gasteiger partial charge in [-0.05, 0) is 40.9 Å². The van der Waals surface area contributed by atoms with E-state index in [1.165, 1.54) is 18.2 Å². The SMILES string of the molecule is N#CC1(NC(=O)c2cccc(F)c2Br)CCCCC1. The van der Waals surface area contributed by atoms with Gasteiger partial charge in [0.1, 0.15) is 11.4 Å². The number of halogens is 2.